The Morgan fingerprint density at radius 1 is 0.512 bits per heavy atom. The third kappa shape index (κ3) is 11.7. The Morgan fingerprint density at radius 2 is 0.988 bits per heavy atom. The van der Waals surface area contributed by atoms with E-state index in [1.54, 1.807) is 36.4 Å². The molecule has 0 heterocycles. The maximum atomic E-state index is 14.4. The van der Waals surface area contributed by atoms with Crippen LogP contribution < -0.4 is 4.74 Å². The number of halogens is 2. The first-order valence-electron chi connectivity index (χ1n) is 27.4. The van der Waals surface area contributed by atoms with Gasteiger partial charge in [-0.2, -0.15) is 0 Å². The van der Waals surface area contributed by atoms with Crippen LogP contribution in [0.3, 0.4) is 0 Å². The van der Waals surface area contributed by atoms with Crippen LogP contribution in [0.2, 0.25) is 0 Å². The number of esters is 3. The second-order valence-corrected chi connectivity index (χ2v) is 29.4. The predicted molar refractivity (Wildman–Crippen MR) is 305 cm³/mol. The van der Waals surface area contributed by atoms with E-state index in [4.69, 9.17) is 35.9 Å². The number of allylic oxidation sites excluding steroid dienone is 1. The molecule has 0 spiro atoms. The molecule has 80 heavy (non-hydrogen) atoms. The molecule has 5 atom stereocenters. The maximum absolute atomic E-state index is 14.4. The normalized spacial score (nSPS) is 27.9. The van der Waals surface area contributed by atoms with Crippen LogP contribution in [0.4, 0.5) is 9.59 Å². The van der Waals surface area contributed by atoms with E-state index in [-0.39, 0.29) is 67.1 Å². The van der Waals surface area contributed by atoms with Gasteiger partial charge in [0.15, 0.2) is 0 Å². The predicted octanol–water partition coefficient (Wildman–Crippen LogP) is 12.9. The molecule has 9 fully saturated rings. The number of hydrogen-bond acceptors (Lipinski definition) is 16. The van der Waals surface area contributed by atoms with Gasteiger partial charge in [-0.1, -0.05) is 6.58 Å². The van der Waals surface area contributed by atoms with Gasteiger partial charge in [0.25, 0.3) is 0 Å². The molecule has 18 heteroatoms. The number of rotatable bonds is 21. The summed E-state index contributed by atoms with van der Waals surface area (Å²) in [7, 11) is 0. The van der Waals surface area contributed by atoms with Crippen molar-refractivity contribution in [1.82, 2.24) is 0 Å². The number of benzene rings is 4. The van der Waals surface area contributed by atoms with Gasteiger partial charge in [-0.25, -0.2) is 4.79 Å². The molecule has 0 saturated heterocycles. The summed E-state index contributed by atoms with van der Waals surface area (Å²) < 4.78 is 51.8. The molecule has 4 aromatic carbocycles. The molecule has 0 radical (unpaired) electrons. The average molecular weight is 1320 g/mol. The van der Waals surface area contributed by atoms with Crippen molar-refractivity contribution in [1.29, 1.82) is 0 Å². The summed E-state index contributed by atoms with van der Waals surface area (Å²) >= 11 is -6.66. The Bertz CT molecular complexity index is 3000. The fraction of sp³-hybridized carbons (Fsp3) is 0.435. The van der Waals surface area contributed by atoms with Crippen molar-refractivity contribution in [2.24, 2.45) is 64.1 Å². The first kappa shape index (κ1) is 55.6. The van der Waals surface area contributed by atoms with Crippen LogP contribution in [-0.4, -0.2) is 68.6 Å². The summed E-state index contributed by atoms with van der Waals surface area (Å²) in [5.74, 6) is 1.92. The summed E-state index contributed by atoms with van der Waals surface area (Å²) in [5.41, 5.74) is 1.40. The molecule has 13 rings (SSSR count). The Kier molecular flexibility index (Phi) is 16.4. The molecule has 0 aliphatic heterocycles. The van der Waals surface area contributed by atoms with Gasteiger partial charge in [-0.05, 0) is 6.92 Å². The van der Waals surface area contributed by atoms with Gasteiger partial charge >= 0.3 is 460 Å². The second-order valence-electron chi connectivity index (χ2n) is 22.7. The Labute approximate surface area is 480 Å². The molecular formula is C62H64I2O16. The first-order chi connectivity index (χ1) is 38.6. The van der Waals surface area contributed by atoms with Crippen molar-refractivity contribution in [3.63, 3.8) is 0 Å². The summed E-state index contributed by atoms with van der Waals surface area (Å²) in [5, 5.41) is 0. The third-order valence-corrected chi connectivity index (χ3v) is 24.4. The van der Waals surface area contributed by atoms with Gasteiger partial charge in [0.2, 0.25) is 0 Å². The summed E-state index contributed by atoms with van der Waals surface area (Å²) in [6.07, 6.45) is 8.04. The van der Waals surface area contributed by atoms with Gasteiger partial charge < -0.3 is 0 Å². The average Bonchev–Trinajstić information content (AvgIpc) is 3.91. The second kappa shape index (κ2) is 23.7. The van der Waals surface area contributed by atoms with Crippen LogP contribution >= 0.6 is 41.3 Å². The Morgan fingerprint density at radius 3 is 1.50 bits per heavy atom. The Balaban J connectivity index is 0.624. The quantitative estimate of drug-likeness (QED) is 0.0190. The zero-order valence-electron chi connectivity index (χ0n) is 44.4. The van der Waals surface area contributed by atoms with E-state index >= 15 is 0 Å². The van der Waals surface area contributed by atoms with Crippen LogP contribution in [0.5, 0.6) is 5.75 Å². The zero-order valence-corrected chi connectivity index (χ0v) is 48.7. The summed E-state index contributed by atoms with van der Waals surface area (Å²) in [6.45, 7) is 8.52. The minimum atomic E-state index is -3.40. The number of carbonyl (C=O) groups excluding carboxylic acids is 7. The molecule has 9 aliphatic carbocycles. The van der Waals surface area contributed by atoms with Crippen molar-refractivity contribution in [3.8, 4) is 5.75 Å². The Hall–Kier alpha value is -6.29. The van der Waals surface area contributed by atoms with Gasteiger partial charge in [-0.15, -0.1) is 0 Å². The van der Waals surface area contributed by atoms with Gasteiger partial charge in [0, 0.05) is 5.57 Å². The zero-order chi connectivity index (χ0) is 55.7. The number of ether oxygens (including phenoxy) is 5. The molecule has 422 valence electrons. The molecule has 5 unspecified atom stereocenters. The molecule has 0 amide bonds. The van der Waals surface area contributed by atoms with E-state index in [1.807, 2.05) is 48.5 Å². The minimum absolute atomic E-state index is 0.197. The monoisotopic (exact) mass is 1320 g/mol. The topological polar surface area (TPSA) is 203 Å². The molecule has 0 aromatic heterocycles. The molecular weight excluding hydrogens is 1250 g/mol. The van der Waals surface area contributed by atoms with E-state index in [9.17, 15) is 33.6 Å². The van der Waals surface area contributed by atoms with Crippen LogP contribution in [-0.2, 0) is 45.6 Å². The third-order valence-electron chi connectivity index (χ3n) is 17.8. The molecule has 10 bridgehead atoms. The van der Waals surface area contributed by atoms with Crippen molar-refractivity contribution in [3.05, 3.63) is 152 Å². The fourth-order valence-corrected chi connectivity index (χ4v) is 20.6. The molecule has 4 aromatic rings. The van der Waals surface area contributed by atoms with Gasteiger partial charge in [-0.3, -0.25) is 0 Å². The summed E-state index contributed by atoms with van der Waals surface area (Å²) in [6, 6.07) is 30.9. The van der Waals surface area contributed by atoms with E-state index in [1.165, 1.54) is 44.0 Å². The molecule has 9 saturated carbocycles. The van der Waals surface area contributed by atoms with E-state index in [2.05, 4.69) is 13.2 Å². The number of hydrogen-bond donors (Lipinski definition) is 0. The van der Waals surface area contributed by atoms with E-state index < -0.39 is 82.3 Å². The number of carbonyl (C=O) groups is 7. The van der Waals surface area contributed by atoms with Crippen molar-refractivity contribution < 1.29 is 69.5 Å². The molecule has 0 N–H and O–H groups in total. The van der Waals surface area contributed by atoms with Gasteiger partial charge in [0.05, 0.1) is 0 Å². The standard InChI is InChI=1S/C62H64I2O16/c1-37(2)54(65)76-50-20-18-43(19-21-50)56(67)73-23-25-74-59(70)79-63(48-10-6-4-7-11-48)77-57(68)61-32-40-29-44(33-61)51(45(30-40)34-61)26-38(3)41-14-16-42(17-15-41)55(66)72-22-24-75-60(71)80-64(49-12-8-5-9-13-49)78-58(69)62-35-46-27-39-28-47(36-62)53(46)52(62)31-39/h4-21,39-40,44-47,51-53H,1,3,22-36H2,2H3. The van der Waals surface area contributed by atoms with E-state index in [0.717, 1.165) is 49.7 Å². The first-order valence-corrected chi connectivity index (χ1v) is 33.1. The summed E-state index contributed by atoms with van der Waals surface area (Å²) in [4.78, 5) is 92.0. The van der Waals surface area contributed by atoms with Crippen LogP contribution in [0.25, 0.3) is 5.57 Å². The van der Waals surface area contributed by atoms with Crippen LogP contribution in [0, 0.1) is 71.2 Å². The van der Waals surface area contributed by atoms with Crippen LogP contribution in [0.1, 0.15) is 104 Å². The van der Waals surface area contributed by atoms with E-state index in [0.29, 0.717) is 73.4 Å². The van der Waals surface area contributed by atoms with Gasteiger partial charge in [0.1, 0.15) is 0 Å². The molecule has 16 nitrogen and oxygen atoms in total. The van der Waals surface area contributed by atoms with Crippen molar-refractivity contribution >= 4 is 89.0 Å². The molecule has 9 aliphatic rings. The van der Waals surface area contributed by atoms with Crippen LogP contribution in [0.15, 0.2) is 128 Å². The SMILES string of the molecule is C=C(C)C(=O)Oc1ccc(C(=O)OCCOC(=O)OI(OC(=O)C23CC4CC(C2)C(CC(=C)c2ccc(C(=O)OCCOC(=O)OI(OC(=O)C56CC7CC8CC(C5)C7C6C8)c5ccccc5)cc2)C(C4)C3)c2ccccc2)cc1. The van der Waals surface area contributed by atoms with Crippen molar-refractivity contribution in [2.45, 2.75) is 77.6 Å². The fourth-order valence-electron chi connectivity index (χ4n) is 14.9. The van der Waals surface area contributed by atoms with Crippen molar-refractivity contribution in [2.75, 3.05) is 26.4 Å².